The molecule has 36 heavy (non-hydrogen) atoms. The van der Waals surface area contributed by atoms with Gasteiger partial charge in [-0.15, -0.1) is 0 Å². The number of sulfonamides is 1. The molecule has 3 aliphatic rings. The molecule has 3 heterocycles. The van der Waals surface area contributed by atoms with Gasteiger partial charge in [0, 0.05) is 43.6 Å². The summed E-state index contributed by atoms with van der Waals surface area (Å²) >= 11 is 0. The first kappa shape index (κ1) is 24.6. The molecule has 2 fully saturated rings. The smallest absolute Gasteiger partial charge is 0.288 e. The van der Waals surface area contributed by atoms with Gasteiger partial charge in [0.2, 0.25) is 10.6 Å². The highest BCUT2D eigenvalue weighted by molar-refractivity contribution is 7.91. The lowest BCUT2D eigenvalue weighted by Crippen LogP contribution is -2.35. The number of alkyl halides is 2. The van der Waals surface area contributed by atoms with Crippen molar-refractivity contribution >= 4 is 22.1 Å². The molecular formula is C23H21F5N4O3S. The fourth-order valence-electron chi connectivity index (χ4n) is 4.40. The van der Waals surface area contributed by atoms with Crippen LogP contribution in [0.2, 0.25) is 0 Å². The molecule has 2 unspecified atom stereocenters. The molecule has 0 N–H and O–H groups in total. The van der Waals surface area contributed by atoms with Gasteiger partial charge in [-0.2, -0.15) is 4.40 Å². The van der Waals surface area contributed by atoms with E-state index in [-0.39, 0.29) is 43.0 Å². The lowest BCUT2D eigenvalue weighted by molar-refractivity contribution is -0.0435. The van der Waals surface area contributed by atoms with Crippen LogP contribution in [0.5, 0.6) is 0 Å². The molecule has 0 spiro atoms. The zero-order valence-corrected chi connectivity index (χ0v) is 19.6. The second kappa shape index (κ2) is 8.79. The number of likely N-dealkylation sites (tertiary alicyclic amines) is 1. The van der Waals surface area contributed by atoms with Crippen LogP contribution in [0.15, 0.2) is 40.0 Å². The van der Waals surface area contributed by atoms with Crippen molar-refractivity contribution in [3.63, 3.8) is 0 Å². The summed E-state index contributed by atoms with van der Waals surface area (Å²) < 4.78 is 98.9. The van der Waals surface area contributed by atoms with Crippen molar-refractivity contribution in [2.24, 2.45) is 15.5 Å². The summed E-state index contributed by atoms with van der Waals surface area (Å²) in [5.74, 6) is -2.84. The number of oxime groups is 1. The standard InChI is InChI=1S/C23H21F5N4O3S/c24-13-22(21-16(8-15(25)11-29-21)20-17(26)2-1-3-18(20)27)9-19(31-35-22)32-7-4-14(12-32)10-30-36(33,34)23(28)5-6-23/h1-3,8,10-11,14H,4-7,9,12-13H2. The molecule has 1 aromatic carbocycles. The number of rotatable bonds is 6. The molecule has 5 rings (SSSR count). The van der Waals surface area contributed by atoms with Crippen LogP contribution in [0, 0.1) is 23.4 Å². The van der Waals surface area contributed by atoms with Gasteiger partial charge in [0.15, 0.2) is 0 Å². The first-order valence-corrected chi connectivity index (χ1v) is 12.7. The molecule has 1 saturated heterocycles. The topological polar surface area (TPSA) is 84.2 Å². The number of aromatic nitrogens is 1. The third kappa shape index (κ3) is 4.22. The summed E-state index contributed by atoms with van der Waals surface area (Å²) in [4.78, 5) is 11.1. The number of halogens is 5. The Hall–Kier alpha value is -3.09. The van der Waals surface area contributed by atoms with Crippen LogP contribution in [0.3, 0.4) is 0 Å². The highest BCUT2D eigenvalue weighted by Crippen LogP contribution is 2.46. The highest BCUT2D eigenvalue weighted by atomic mass is 32.2. The average Bonchev–Trinajstić information content (AvgIpc) is 3.25. The number of hydrogen-bond donors (Lipinski definition) is 0. The Morgan fingerprint density at radius 2 is 1.94 bits per heavy atom. The maximum Gasteiger partial charge on any atom is 0.288 e. The van der Waals surface area contributed by atoms with Crippen LogP contribution >= 0.6 is 0 Å². The lowest BCUT2D eigenvalue weighted by Gasteiger charge is -2.26. The Morgan fingerprint density at radius 3 is 2.61 bits per heavy atom. The summed E-state index contributed by atoms with van der Waals surface area (Å²) in [6, 6.07) is 4.00. The number of pyridine rings is 1. The number of hydrogen-bond acceptors (Lipinski definition) is 6. The third-order valence-electron chi connectivity index (χ3n) is 6.61. The molecule has 1 aromatic heterocycles. The molecular weight excluding hydrogens is 507 g/mol. The van der Waals surface area contributed by atoms with Gasteiger partial charge in [-0.05, 0) is 24.6 Å². The highest BCUT2D eigenvalue weighted by Gasteiger charge is 2.56. The Bertz CT molecular complexity index is 1350. The van der Waals surface area contributed by atoms with E-state index >= 15 is 0 Å². The SMILES string of the molecule is O=S(=O)(N=CC1CCN(C2=NOC(CF)(c3ncc(F)cc3-c3c(F)cccc3F)C2)C1)C1(F)CC1. The van der Waals surface area contributed by atoms with Gasteiger partial charge in [-0.25, -0.2) is 30.4 Å². The van der Waals surface area contributed by atoms with Crippen LogP contribution in [0.25, 0.3) is 11.1 Å². The normalized spacial score (nSPS) is 25.3. The van der Waals surface area contributed by atoms with E-state index in [0.29, 0.717) is 18.8 Å². The van der Waals surface area contributed by atoms with E-state index in [9.17, 15) is 30.4 Å². The van der Waals surface area contributed by atoms with Gasteiger partial charge in [-0.1, -0.05) is 11.2 Å². The zero-order valence-electron chi connectivity index (χ0n) is 18.8. The second-order valence-electron chi connectivity index (χ2n) is 9.16. The maximum absolute atomic E-state index is 14.5. The summed E-state index contributed by atoms with van der Waals surface area (Å²) in [6.07, 6.45) is 2.19. The van der Waals surface area contributed by atoms with E-state index in [1.165, 1.54) is 6.21 Å². The van der Waals surface area contributed by atoms with Crippen molar-refractivity contribution in [1.29, 1.82) is 0 Å². The van der Waals surface area contributed by atoms with E-state index in [1.54, 1.807) is 4.90 Å². The van der Waals surface area contributed by atoms with Crippen LogP contribution in [0.1, 0.15) is 31.4 Å². The van der Waals surface area contributed by atoms with Gasteiger partial charge >= 0.3 is 0 Å². The zero-order chi connectivity index (χ0) is 25.7. The van der Waals surface area contributed by atoms with Crippen molar-refractivity contribution in [2.45, 2.75) is 36.3 Å². The number of nitrogens with zero attached hydrogens (tertiary/aromatic N) is 4. The minimum absolute atomic E-state index is 0.0703. The predicted octanol–water partition coefficient (Wildman–Crippen LogP) is 4.25. The molecule has 13 heteroatoms. The van der Waals surface area contributed by atoms with Gasteiger partial charge < -0.3 is 9.74 Å². The molecule has 2 atom stereocenters. The van der Waals surface area contributed by atoms with Crippen molar-refractivity contribution in [1.82, 2.24) is 9.88 Å². The van der Waals surface area contributed by atoms with Crippen LogP contribution < -0.4 is 0 Å². The van der Waals surface area contributed by atoms with Crippen molar-refractivity contribution < 1.29 is 35.2 Å². The number of benzene rings is 1. The maximum atomic E-state index is 14.5. The Kier molecular flexibility index (Phi) is 6.00. The van der Waals surface area contributed by atoms with Crippen LogP contribution in [-0.2, 0) is 20.5 Å². The van der Waals surface area contributed by atoms with E-state index in [0.717, 1.165) is 30.5 Å². The van der Waals surface area contributed by atoms with Gasteiger partial charge in [0.25, 0.3) is 10.0 Å². The molecule has 1 aliphatic carbocycles. The first-order chi connectivity index (χ1) is 17.1. The molecule has 2 aliphatic heterocycles. The fraction of sp³-hybridized carbons (Fsp3) is 0.435. The van der Waals surface area contributed by atoms with E-state index in [4.69, 9.17) is 4.84 Å². The average molecular weight is 529 g/mol. The van der Waals surface area contributed by atoms with Crippen molar-refractivity contribution in [3.8, 4) is 11.1 Å². The molecule has 0 amide bonds. The summed E-state index contributed by atoms with van der Waals surface area (Å²) in [7, 11) is -4.23. The number of amidine groups is 1. The largest absolute Gasteiger partial charge is 0.378 e. The fourth-order valence-corrected chi connectivity index (χ4v) is 5.54. The Labute approximate surface area is 203 Å². The van der Waals surface area contributed by atoms with Gasteiger partial charge in [0.05, 0.1) is 23.9 Å². The molecule has 2 aromatic rings. The molecule has 192 valence electrons. The van der Waals surface area contributed by atoms with E-state index in [1.807, 2.05) is 0 Å². The lowest BCUT2D eigenvalue weighted by atomic mass is 9.89. The first-order valence-electron chi connectivity index (χ1n) is 11.2. The van der Waals surface area contributed by atoms with Crippen LogP contribution in [-0.4, -0.2) is 55.1 Å². The minimum Gasteiger partial charge on any atom is -0.378 e. The predicted molar refractivity (Wildman–Crippen MR) is 121 cm³/mol. The second-order valence-corrected chi connectivity index (χ2v) is 11.0. The third-order valence-corrected chi connectivity index (χ3v) is 8.34. The quantitative estimate of drug-likeness (QED) is 0.414. The molecule has 0 radical (unpaired) electrons. The monoisotopic (exact) mass is 528 g/mol. The molecule has 0 bridgehead atoms. The van der Waals surface area contributed by atoms with E-state index in [2.05, 4.69) is 14.5 Å². The Morgan fingerprint density at radius 1 is 1.22 bits per heavy atom. The van der Waals surface area contributed by atoms with Crippen molar-refractivity contribution in [3.05, 3.63) is 53.6 Å². The van der Waals surface area contributed by atoms with Gasteiger partial charge in [-0.3, -0.25) is 4.98 Å². The van der Waals surface area contributed by atoms with Gasteiger partial charge in [0.1, 0.15) is 30.0 Å². The molecule has 1 saturated carbocycles. The van der Waals surface area contributed by atoms with E-state index < -0.39 is 50.3 Å². The molecule has 7 nitrogen and oxygen atoms in total. The van der Waals surface area contributed by atoms with Crippen LogP contribution in [0.4, 0.5) is 22.0 Å². The summed E-state index contributed by atoms with van der Waals surface area (Å²) in [5, 5.41) is 1.70. The summed E-state index contributed by atoms with van der Waals surface area (Å²) in [6.45, 7) is -0.487. The minimum atomic E-state index is -4.23. The van der Waals surface area contributed by atoms with Crippen molar-refractivity contribution in [2.75, 3.05) is 19.8 Å². The Balaban J connectivity index is 1.37. The summed E-state index contributed by atoms with van der Waals surface area (Å²) in [5.41, 5.74) is -2.93.